The molecule has 0 unspecified atom stereocenters. The maximum atomic E-state index is 4.83. The summed E-state index contributed by atoms with van der Waals surface area (Å²) >= 11 is 0. The second-order valence-corrected chi connectivity index (χ2v) is 7.08. The van der Waals surface area contributed by atoms with Gasteiger partial charge in [0.25, 0.3) is 0 Å². The highest BCUT2D eigenvalue weighted by Gasteiger charge is 2.21. The van der Waals surface area contributed by atoms with Gasteiger partial charge in [0.15, 0.2) is 0 Å². The summed E-state index contributed by atoms with van der Waals surface area (Å²) in [6.07, 6.45) is 4.17. The summed E-state index contributed by atoms with van der Waals surface area (Å²) in [6.45, 7) is 11.9. The number of anilines is 1. The van der Waals surface area contributed by atoms with Gasteiger partial charge in [-0.25, -0.2) is 4.98 Å². The molecule has 1 aromatic rings. The average molecular weight is 289 g/mol. The summed E-state index contributed by atoms with van der Waals surface area (Å²) in [6, 6.07) is 2.20. The molecular weight excluding hydrogens is 258 g/mol. The zero-order valence-electron chi connectivity index (χ0n) is 14.4. The number of nitrogens with one attached hydrogen (secondary N) is 1. The van der Waals surface area contributed by atoms with Crippen molar-refractivity contribution in [1.29, 1.82) is 0 Å². The van der Waals surface area contributed by atoms with Crippen molar-refractivity contribution >= 4 is 5.82 Å². The first-order chi connectivity index (χ1) is 9.97. The molecule has 0 aliphatic heterocycles. The van der Waals surface area contributed by atoms with E-state index in [1.165, 1.54) is 36.2 Å². The molecule has 0 amide bonds. The molecule has 1 aliphatic rings. The van der Waals surface area contributed by atoms with Crippen LogP contribution in [0.1, 0.15) is 49.9 Å². The molecule has 2 rings (SSSR count). The van der Waals surface area contributed by atoms with Crippen molar-refractivity contribution in [3.05, 3.63) is 22.9 Å². The molecule has 3 heteroatoms. The van der Waals surface area contributed by atoms with Gasteiger partial charge in [-0.1, -0.05) is 20.3 Å². The fourth-order valence-electron chi connectivity index (χ4n) is 3.01. The first-order valence-corrected chi connectivity index (χ1v) is 8.36. The minimum absolute atomic E-state index is 0.680. The summed E-state index contributed by atoms with van der Waals surface area (Å²) in [4.78, 5) is 7.20. The third-order valence-electron chi connectivity index (χ3n) is 4.43. The first-order valence-electron chi connectivity index (χ1n) is 8.36. The largest absolute Gasteiger partial charge is 0.359 e. The number of pyridine rings is 1. The Kier molecular flexibility index (Phi) is 5.63. The van der Waals surface area contributed by atoms with E-state index in [9.17, 15) is 0 Å². The fourth-order valence-corrected chi connectivity index (χ4v) is 3.01. The van der Waals surface area contributed by atoms with Crippen molar-refractivity contribution < 1.29 is 0 Å². The second-order valence-electron chi connectivity index (χ2n) is 7.08. The molecule has 0 atom stereocenters. The molecule has 1 saturated carbocycles. The van der Waals surface area contributed by atoms with Gasteiger partial charge in [0.2, 0.25) is 0 Å². The maximum absolute atomic E-state index is 4.83. The number of aryl methyl sites for hydroxylation is 2. The van der Waals surface area contributed by atoms with E-state index in [0.29, 0.717) is 5.92 Å². The lowest BCUT2D eigenvalue weighted by atomic mass is 9.85. The van der Waals surface area contributed by atoms with Crippen LogP contribution >= 0.6 is 0 Å². The van der Waals surface area contributed by atoms with Crippen molar-refractivity contribution in [3.63, 3.8) is 0 Å². The Balaban J connectivity index is 2.12. The SMILES string of the molecule is Cc1cc(C)c(CNCC(C)C)c(N(C)CC2CCC2)n1. The highest BCUT2D eigenvalue weighted by atomic mass is 15.2. The van der Waals surface area contributed by atoms with Crippen LogP contribution in [0.15, 0.2) is 6.07 Å². The van der Waals surface area contributed by atoms with Gasteiger partial charge in [0, 0.05) is 31.4 Å². The summed E-state index contributed by atoms with van der Waals surface area (Å²) in [5.41, 5.74) is 3.84. The van der Waals surface area contributed by atoms with E-state index in [1.807, 2.05) is 0 Å². The average Bonchev–Trinajstić information content (AvgIpc) is 2.35. The topological polar surface area (TPSA) is 28.2 Å². The molecule has 21 heavy (non-hydrogen) atoms. The predicted octanol–water partition coefficient (Wildman–Crippen LogP) is 3.68. The van der Waals surface area contributed by atoms with Crippen molar-refractivity contribution in [2.45, 2.75) is 53.5 Å². The smallest absolute Gasteiger partial charge is 0.133 e. The minimum atomic E-state index is 0.680. The Labute approximate surface area is 130 Å². The van der Waals surface area contributed by atoms with Crippen LogP contribution in [0.5, 0.6) is 0 Å². The van der Waals surface area contributed by atoms with E-state index >= 15 is 0 Å². The molecule has 1 aliphatic carbocycles. The zero-order valence-corrected chi connectivity index (χ0v) is 14.4. The Morgan fingerprint density at radius 3 is 2.62 bits per heavy atom. The molecule has 1 heterocycles. The molecule has 0 saturated heterocycles. The summed E-state index contributed by atoms with van der Waals surface area (Å²) < 4.78 is 0. The van der Waals surface area contributed by atoms with E-state index in [1.54, 1.807) is 0 Å². The van der Waals surface area contributed by atoms with Gasteiger partial charge in [0.1, 0.15) is 5.82 Å². The lowest BCUT2D eigenvalue weighted by Crippen LogP contribution is -2.31. The quantitative estimate of drug-likeness (QED) is 0.830. The molecule has 0 radical (unpaired) electrons. The summed E-state index contributed by atoms with van der Waals surface area (Å²) in [7, 11) is 2.20. The lowest BCUT2D eigenvalue weighted by molar-refractivity contribution is 0.321. The van der Waals surface area contributed by atoms with E-state index in [2.05, 4.69) is 51.0 Å². The van der Waals surface area contributed by atoms with Crippen LogP contribution in [0.25, 0.3) is 0 Å². The standard InChI is InChI=1S/C18H31N3/c1-13(2)10-19-11-17-14(3)9-15(4)20-18(17)21(5)12-16-7-6-8-16/h9,13,16,19H,6-8,10-12H2,1-5H3. The Morgan fingerprint density at radius 1 is 1.33 bits per heavy atom. The number of rotatable bonds is 7. The lowest BCUT2D eigenvalue weighted by Gasteiger charge is -2.32. The van der Waals surface area contributed by atoms with E-state index in [-0.39, 0.29) is 0 Å². The van der Waals surface area contributed by atoms with Crippen molar-refractivity contribution in [1.82, 2.24) is 10.3 Å². The highest BCUT2D eigenvalue weighted by molar-refractivity contribution is 5.51. The van der Waals surface area contributed by atoms with E-state index < -0.39 is 0 Å². The number of aromatic nitrogens is 1. The first kappa shape index (κ1) is 16.3. The van der Waals surface area contributed by atoms with Crippen LogP contribution in [0, 0.1) is 25.7 Å². The van der Waals surface area contributed by atoms with Crippen molar-refractivity contribution in [2.24, 2.45) is 11.8 Å². The van der Waals surface area contributed by atoms with Gasteiger partial charge in [-0.2, -0.15) is 0 Å². The normalized spacial score (nSPS) is 15.3. The van der Waals surface area contributed by atoms with Gasteiger partial charge in [-0.05, 0) is 56.7 Å². The number of nitrogens with zero attached hydrogens (tertiary/aromatic N) is 2. The third-order valence-corrected chi connectivity index (χ3v) is 4.43. The Hall–Kier alpha value is -1.09. The number of hydrogen-bond acceptors (Lipinski definition) is 3. The molecule has 1 aromatic heterocycles. The molecular formula is C18H31N3. The molecule has 0 spiro atoms. The minimum Gasteiger partial charge on any atom is -0.359 e. The molecule has 118 valence electrons. The predicted molar refractivity (Wildman–Crippen MR) is 90.9 cm³/mol. The van der Waals surface area contributed by atoms with Crippen LogP contribution in [0.3, 0.4) is 0 Å². The van der Waals surface area contributed by atoms with Gasteiger partial charge in [-0.3, -0.25) is 0 Å². The Bertz CT molecular complexity index is 464. The highest BCUT2D eigenvalue weighted by Crippen LogP contribution is 2.29. The monoisotopic (exact) mass is 289 g/mol. The van der Waals surface area contributed by atoms with Gasteiger partial charge >= 0.3 is 0 Å². The maximum Gasteiger partial charge on any atom is 0.133 e. The molecule has 1 N–H and O–H groups in total. The van der Waals surface area contributed by atoms with Crippen LogP contribution in [0.2, 0.25) is 0 Å². The van der Waals surface area contributed by atoms with Crippen molar-refractivity contribution in [2.75, 3.05) is 25.0 Å². The second kappa shape index (κ2) is 7.26. The molecule has 0 aromatic carbocycles. The summed E-state index contributed by atoms with van der Waals surface area (Å²) in [5, 5.41) is 3.57. The number of hydrogen-bond donors (Lipinski definition) is 1. The fraction of sp³-hybridized carbons (Fsp3) is 0.722. The van der Waals surface area contributed by atoms with Gasteiger partial charge < -0.3 is 10.2 Å². The summed E-state index contributed by atoms with van der Waals surface area (Å²) in [5.74, 6) is 2.73. The van der Waals surface area contributed by atoms with Crippen LogP contribution in [-0.2, 0) is 6.54 Å². The molecule has 1 fully saturated rings. The van der Waals surface area contributed by atoms with E-state index in [0.717, 1.165) is 31.2 Å². The van der Waals surface area contributed by atoms with Gasteiger partial charge in [-0.15, -0.1) is 0 Å². The van der Waals surface area contributed by atoms with Gasteiger partial charge in [0.05, 0.1) is 0 Å². The Morgan fingerprint density at radius 2 is 2.05 bits per heavy atom. The molecule has 3 nitrogen and oxygen atoms in total. The van der Waals surface area contributed by atoms with Crippen LogP contribution in [0.4, 0.5) is 5.82 Å². The van der Waals surface area contributed by atoms with Crippen molar-refractivity contribution in [3.8, 4) is 0 Å². The third kappa shape index (κ3) is 4.44. The zero-order chi connectivity index (χ0) is 15.4. The van der Waals surface area contributed by atoms with Crippen LogP contribution in [-0.4, -0.2) is 25.1 Å². The van der Waals surface area contributed by atoms with E-state index in [4.69, 9.17) is 4.98 Å². The van der Waals surface area contributed by atoms with Crippen LogP contribution < -0.4 is 10.2 Å². The molecule has 0 bridgehead atoms.